The lowest BCUT2D eigenvalue weighted by Gasteiger charge is -2.36. The molecule has 2 aromatic rings. The summed E-state index contributed by atoms with van der Waals surface area (Å²) >= 11 is 0. The summed E-state index contributed by atoms with van der Waals surface area (Å²) < 4.78 is 0. The van der Waals surface area contributed by atoms with E-state index in [0.29, 0.717) is 31.1 Å². The second kappa shape index (κ2) is 8.65. The highest BCUT2D eigenvalue weighted by molar-refractivity contribution is 5.89. The van der Waals surface area contributed by atoms with Gasteiger partial charge in [0.05, 0.1) is 23.4 Å². The summed E-state index contributed by atoms with van der Waals surface area (Å²) in [4.78, 5) is 22.5. The van der Waals surface area contributed by atoms with Crippen LogP contribution in [-0.4, -0.2) is 56.6 Å². The molecule has 2 atom stereocenters. The molecule has 3 fully saturated rings. The van der Waals surface area contributed by atoms with Gasteiger partial charge in [0, 0.05) is 43.9 Å². The number of nitriles is 1. The topological polar surface area (TPSA) is 80.5 Å². The zero-order valence-corrected chi connectivity index (χ0v) is 18.4. The predicted molar refractivity (Wildman–Crippen MR) is 121 cm³/mol. The summed E-state index contributed by atoms with van der Waals surface area (Å²) in [6.45, 7) is 1.87. The highest BCUT2D eigenvalue weighted by Crippen LogP contribution is 2.42. The number of amides is 1. The summed E-state index contributed by atoms with van der Waals surface area (Å²) in [5.74, 6) is 0.214. The smallest absolute Gasteiger partial charge is 0.243 e. The molecule has 1 aliphatic carbocycles. The summed E-state index contributed by atoms with van der Waals surface area (Å²) in [5, 5.41) is 19.6. The third-order valence-electron chi connectivity index (χ3n) is 7.55. The minimum Gasteiger partial charge on any atom is -0.392 e. The van der Waals surface area contributed by atoms with Crippen molar-refractivity contribution < 1.29 is 9.90 Å². The Hall–Kier alpha value is -2.75. The predicted octanol–water partition coefficient (Wildman–Crippen LogP) is 3.49. The van der Waals surface area contributed by atoms with Gasteiger partial charge in [-0.3, -0.25) is 14.7 Å². The minimum atomic E-state index is -0.585. The molecule has 2 saturated heterocycles. The van der Waals surface area contributed by atoms with Crippen molar-refractivity contribution in [3.05, 3.63) is 53.9 Å². The number of benzene rings is 1. The van der Waals surface area contributed by atoms with Gasteiger partial charge in [-0.2, -0.15) is 5.26 Å². The SMILES string of the molecule is N#Cc1cccc(-c2ccc(CN3C[C@H](O)CC34CCN(C3CCCCC3)C4=O)nc2)c1. The van der Waals surface area contributed by atoms with Crippen LogP contribution in [0.5, 0.6) is 0 Å². The lowest BCUT2D eigenvalue weighted by atomic mass is 9.92. The van der Waals surface area contributed by atoms with E-state index in [2.05, 4.69) is 20.9 Å². The van der Waals surface area contributed by atoms with E-state index in [0.717, 1.165) is 42.6 Å². The molecule has 6 heteroatoms. The Labute approximate surface area is 189 Å². The van der Waals surface area contributed by atoms with Gasteiger partial charge in [0.25, 0.3) is 0 Å². The first kappa shape index (κ1) is 21.1. The van der Waals surface area contributed by atoms with Crippen molar-refractivity contribution in [1.29, 1.82) is 5.26 Å². The molecule has 2 aliphatic heterocycles. The molecule has 1 spiro atoms. The Morgan fingerprint density at radius 2 is 2.00 bits per heavy atom. The van der Waals surface area contributed by atoms with E-state index in [1.165, 1.54) is 19.3 Å². The second-order valence-corrected chi connectivity index (χ2v) is 9.54. The molecular formula is C26H30N4O2. The average molecular weight is 431 g/mol. The molecule has 1 aromatic heterocycles. The molecule has 0 bridgehead atoms. The van der Waals surface area contributed by atoms with Crippen molar-refractivity contribution >= 4 is 5.91 Å². The van der Waals surface area contributed by atoms with E-state index in [4.69, 9.17) is 5.26 Å². The molecule has 6 nitrogen and oxygen atoms in total. The first-order chi connectivity index (χ1) is 15.6. The van der Waals surface area contributed by atoms with Crippen LogP contribution < -0.4 is 0 Å². The standard InChI is InChI=1S/C26H30N4O2/c27-15-19-5-4-6-20(13-19)21-9-10-22(28-16-21)17-29-18-24(31)14-26(29)11-12-30(25(26)32)23-7-2-1-3-8-23/h4-6,9-10,13,16,23-24,31H,1-3,7-8,11-12,14,17-18H2/t24-,26?/m1/s1. The molecule has 1 N–H and O–H groups in total. The molecule has 1 saturated carbocycles. The number of hydrogen-bond acceptors (Lipinski definition) is 5. The lowest BCUT2D eigenvalue weighted by Crippen LogP contribution is -2.51. The van der Waals surface area contributed by atoms with E-state index in [9.17, 15) is 9.90 Å². The molecule has 166 valence electrons. The molecule has 1 amide bonds. The maximum absolute atomic E-state index is 13.6. The third-order valence-corrected chi connectivity index (χ3v) is 7.55. The van der Waals surface area contributed by atoms with Gasteiger partial charge >= 0.3 is 0 Å². The first-order valence-corrected chi connectivity index (χ1v) is 11.8. The van der Waals surface area contributed by atoms with Gasteiger partial charge in [-0.15, -0.1) is 0 Å². The minimum absolute atomic E-state index is 0.214. The van der Waals surface area contributed by atoms with Gasteiger partial charge in [-0.05, 0) is 43.0 Å². The van der Waals surface area contributed by atoms with Crippen LogP contribution in [0.2, 0.25) is 0 Å². The van der Waals surface area contributed by atoms with E-state index < -0.39 is 11.6 Å². The number of β-amino-alcohol motifs (C(OH)–C–C–N with tert-alkyl or cyclic N) is 1. The van der Waals surface area contributed by atoms with Crippen LogP contribution in [0.25, 0.3) is 11.1 Å². The number of aliphatic hydroxyl groups is 1. The van der Waals surface area contributed by atoms with Crippen LogP contribution in [0.3, 0.4) is 0 Å². The second-order valence-electron chi connectivity index (χ2n) is 9.54. The number of carbonyl (C=O) groups is 1. The van der Waals surface area contributed by atoms with Crippen LogP contribution in [0, 0.1) is 11.3 Å². The van der Waals surface area contributed by atoms with Crippen molar-refractivity contribution in [3.63, 3.8) is 0 Å². The van der Waals surface area contributed by atoms with Crippen LogP contribution in [0.1, 0.15) is 56.2 Å². The molecule has 5 rings (SSSR count). The Morgan fingerprint density at radius 3 is 2.75 bits per heavy atom. The molecule has 3 heterocycles. The van der Waals surface area contributed by atoms with E-state index in [1.807, 2.05) is 36.5 Å². The summed E-state index contributed by atoms with van der Waals surface area (Å²) in [6, 6.07) is 14.1. The lowest BCUT2D eigenvalue weighted by molar-refractivity contribution is -0.139. The molecule has 3 aliphatic rings. The molecule has 32 heavy (non-hydrogen) atoms. The van der Waals surface area contributed by atoms with Crippen molar-refractivity contribution in [3.8, 4) is 17.2 Å². The quantitative estimate of drug-likeness (QED) is 0.803. The fraction of sp³-hybridized carbons (Fsp3) is 0.500. The van der Waals surface area contributed by atoms with Gasteiger partial charge in [0.1, 0.15) is 5.54 Å². The number of aliphatic hydroxyl groups excluding tert-OH is 1. The number of pyridine rings is 1. The first-order valence-electron chi connectivity index (χ1n) is 11.8. The van der Waals surface area contributed by atoms with Gasteiger partial charge in [0.2, 0.25) is 5.91 Å². The van der Waals surface area contributed by atoms with Crippen LogP contribution in [0.15, 0.2) is 42.6 Å². The highest BCUT2D eigenvalue weighted by atomic mass is 16.3. The molecule has 0 radical (unpaired) electrons. The highest BCUT2D eigenvalue weighted by Gasteiger charge is 2.56. The van der Waals surface area contributed by atoms with Crippen LogP contribution >= 0.6 is 0 Å². The van der Waals surface area contributed by atoms with Gasteiger partial charge in [-0.25, -0.2) is 0 Å². The zero-order chi connectivity index (χ0) is 22.1. The maximum Gasteiger partial charge on any atom is 0.243 e. The van der Waals surface area contributed by atoms with Crippen LogP contribution in [0.4, 0.5) is 0 Å². The number of aromatic nitrogens is 1. The van der Waals surface area contributed by atoms with Crippen molar-refractivity contribution in [2.24, 2.45) is 0 Å². The summed E-state index contributed by atoms with van der Waals surface area (Å²) in [5.41, 5.74) is 2.86. The number of hydrogen-bond donors (Lipinski definition) is 1. The number of carbonyl (C=O) groups excluding carboxylic acids is 1. The zero-order valence-electron chi connectivity index (χ0n) is 18.4. The van der Waals surface area contributed by atoms with Gasteiger partial charge < -0.3 is 10.0 Å². The largest absolute Gasteiger partial charge is 0.392 e. The fourth-order valence-electron chi connectivity index (χ4n) is 5.89. The molecule has 1 aromatic carbocycles. The van der Waals surface area contributed by atoms with Crippen LogP contribution in [-0.2, 0) is 11.3 Å². The van der Waals surface area contributed by atoms with E-state index >= 15 is 0 Å². The number of rotatable bonds is 4. The fourth-order valence-corrected chi connectivity index (χ4v) is 5.89. The summed E-state index contributed by atoms with van der Waals surface area (Å²) in [6.07, 6.45) is 8.58. The molecule has 1 unspecified atom stereocenters. The molecular weight excluding hydrogens is 400 g/mol. The van der Waals surface area contributed by atoms with Crippen molar-refractivity contribution in [1.82, 2.24) is 14.8 Å². The van der Waals surface area contributed by atoms with E-state index in [-0.39, 0.29) is 5.91 Å². The maximum atomic E-state index is 13.6. The monoisotopic (exact) mass is 430 g/mol. The Bertz CT molecular complexity index is 1020. The summed E-state index contributed by atoms with van der Waals surface area (Å²) in [7, 11) is 0. The Balaban J connectivity index is 1.33. The van der Waals surface area contributed by atoms with Gasteiger partial charge in [-0.1, -0.05) is 37.5 Å². The van der Waals surface area contributed by atoms with E-state index in [1.54, 1.807) is 6.07 Å². The van der Waals surface area contributed by atoms with Crippen molar-refractivity contribution in [2.75, 3.05) is 13.1 Å². The number of likely N-dealkylation sites (tertiary alicyclic amines) is 2. The Kier molecular flexibility index (Phi) is 5.71. The average Bonchev–Trinajstić information content (AvgIpc) is 3.33. The van der Waals surface area contributed by atoms with Crippen molar-refractivity contribution in [2.45, 2.75) is 69.2 Å². The third kappa shape index (κ3) is 3.80. The Morgan fingerprint density at radius 1 is 1.16 bits per heavy atom. The van der Waals surface area contributed by atoms with Gasteiger partial charge in [0.15, 0.2) is 0 Å². The normalized spacial score (nSPS) is 26.7. The number of nitrogens with zero attached hydrogens (tertiary/aromatic N) is 4.